The Hall–Kier alpha value is -3.48. The summed E-state index contributed by atoms with van der Waals surface area (Å²) in [5.41, 5.74) is 3.50. The standard InChI is InChI=1S/C21H22N2O5/c1-12(24)22-9-8-15-16-11-14(27-2)5-6-18(16)23-20(15)13-4-7-19(25)17(10-13)21(26)28-3/h4-7,10-11,23,25H,8-9H2,1-3H3,(H,22,24). The van der Waals surface area contributed by atoms with Crippen molar-refractivity contribution < 1.29 is 24.2 Å². The van der Waals surface area contributed by atoms with Crippen LogP contribution < -0.4 is 10.1 Å². The van der Waals surface area contributed by atoms with Gasteiger partial charge < -0.3 is 24.9 Å². The molecule has 0 bridgehead atoms. The number of rotatable bonds is 6. The summed E-state index contributed by atoms with van der Waals surface area (Å²) < 4.78 is 10.1. The summed E-state index contributed by atoms with van der Waals surface area (Å²) in [5.74, 6) is -0.138. The first kappa shape index (κ1) is 19.3. The quantitative estimate of drug-likeness (QED) is 0.569. The van der Waals surface area contributed by atoms with Crippen molar-refractivity contribution in [1.82, 2.24) is 10.3 Å². The van der Waals surface area contributed by atoms with E-state index in [1.807, 2.05) is 18.2 Å². The highest BCUT2D eigenvalue weighted by molar-refractivity contribution is 5.96. The Bertz CT molecular complexity index is 1040. The molecule has 0 saturated carbocycles. The molecular formula is C21H22N2O5. The fourth-order valence-electron chi connectivity index (χ4n) is 3.19. The Morgan fingerprint density at radius 2 is 1.93 bits per heavy atom. The third-order valence-corrected chi connectivity index (χ3v) is 4.55. The SMILES string of the molecule is COC(=O)c1cc(-c2[nH]c3ccc(OC)cc3c2CCNC(C)=O)ccc1O. The van der Waals surface area contributed by atoms with Gasteiger partial charge in [0.1, 0.15) is 17.1 Å². The molecule has 1 aromatic heterocycles. The van der Waals surface area contributed by atoms with Crippen LogP contribution in [0.5, 0.6) is 11.5 Å². The fraction of sp³-hybridized carbons (Fsp3) is 0.238. The van der Waals surface area contributed by atoms with Crippen molar-refractivity contribution in [3.63, 3.8) is 0 Å². The third kappa shape index (κ3) is 3.78. The van der Waals surface area contributed by atoms with E-state index in [1.165, 1.54) is 20.1 Å². The molecule has 0 saturated heterocycles. The molecule has 1 heterocycles. The lowest BCUT2D eigenvalue weighted by Crippen LogP contribution is -2.22. The summed E-state index contributed by atoms with van der Waals surface area (Å²) in [6.45, 7) is 1.94. The van der Waals surface area contributed by atoms with Crippen molar-refractivity contribution >= 4 is 22.8 Å². The maximum Gasteiger partial charge on any atom is 0.341 e. The number of benzene rings is 2. The molecule has 3 N–H and O–H groups in total. The molecule has 146 valence electrons. The van der Waals surface area contributed by atoms with Crippen molar-refractivity contribution in [2.75, 3.05) is 20.8 Å². The van der Waals surface area contributed by atoms with Crippen LogP contribution in [0.25, 0.3) is 22.2 Å². The first-order valence-electron chi connectivity index (χ1n) is 8.79. The van der Waals surface area contributed by atoms with E-state index < -0.39 is 5.97 Å². The van der Waals surface area contributed by atoms with Gasteiger partial charge in [-0.3, -0.25) is 4.79 Å². The van der Waals surface area contributed by atoms with Crippen LogP contribution >= 0.6 is 0 Å². The van der Waals surface area contributed by atoms with Crippen LogP contribution in [-0.2, 0) is 16.0 Å². The van der Waals surface area contributed by atoms with Gasteiger partial charge in [-0.05, 0) is 53.9 Å². The van der Waals surface area contributed by atoms with Crippen LogP contribution in [0.2, 0.25) is 0 Å². The number of hydrogen-bond donors (Lipinski definition) is 3. The lowest BCUT2D eigenvalue weighted by atomic mass is 10.0. The van der Waals surface area contributed by atoms with E-state index in [0.717, 1.165) is 33.5 Å². The van der Waals surface area contributed by atoms with Crippen molar-refractivity contribution in [3.05, 3.63) is 47.5 Å². The molecule has 0 aliphatic heterocycles. The number of phenols is 1. The van der Waals surface area contributed by atoms with E-state index in [9.17, 15) is 14.7 Å². The van der Waals surface area contributed by atoms with Gasteiger partial charge in [0.15, 0.2) is 0 Å². The summed E-state index contributed by atoms with van der Waals surface area (Å²) >= 11 is 0. The minimum Gasteiger partial charge on any atom is -0.507 e. The van der Waals surface area contributed by atoms with E-state index in [2.05, 4.69) is 10.3 Å². The zero-order valence-corrected chi connectivity index (χ0v) is 16.0. The molecule has 2 aromatic carbocycles. The van der Waals surface area contributed by atoms with E-state index in [1.54, 1.807) is 19.2 Å². The summed E-state index contributed by atoms with van der Waals surface area (Å²) in [4.78, 5) is 26.6. The molecule has 0 unspecified atom stereocenters. The molecule has 0 radical (unpaired) electrons. The number of methoxy groups -OCH3 is 2. The van der Waals surface area contributed by atoms with Crippen LogP contribution in [0.15, 0.2) is 36.4 Å². The number of H-pyrrole nitrogens is 1. The molecule has 7 heteroatoms. The molecule has 1 amide bonds. The average molecular weight is 382 g/mol. The number of aromatic hydroxyl groups is 1. The molecule has 3 rings (SSSR count). The fourth-order valence-corrected chi connectivity index (χ4v) is 3.19. The van der Waals surface area contributed by atoms with Crippen LogP contribution in [0.3, 0.4) is 0 Å². The predicted octanol–water partition coefficient (Wildman–Crippen LogP) is 3.01. The maximum atomic E-state index is 11.9. The average Bonchev–Trinajstić information content (AvgIpc) is 3.05. The molecule has 0 aliphatic rings. The highest BCUT2D eigenvalue weighted by Gasteiger charge is 2.18. The van der Waals surface area contributed by atoms with Gasteiger partial charge in [-0.2, -0.15) is 0 Å². The topological polar surface area (TPSA) is 101 Å². The van der Waals surface area contributed by atoms with Crippen molar-refractivity contribution in [3.8, 4) is 22.8 Å². The van der Waals surface area contributed by atoms with E-state index >= 15 is 0 Å². The number of carbonyl (C=O) groups is 2. The first-order chi connectivity index (χ1) is 13.4. The van der Waals surface area contributed by atoms with Crippen LogP contribution in [-0.4, -0.2) is 42.7 Å². The summed E-state index contributed by atoms with van der Waals surface area (Å²) in [6, 6.07) is 10.5. The molecule has 0 aliphatic carbocycles. The van der Waals surface area contributed by atoms with Gasteiger partial charge in [-0.1, -0.05) is 0 Å². The van der Waals surface area contributed by atoms with Crippen molar-refractivity contribution in [2.24, 2.45) is 0 Å². The molecule has 0 fully saturated rings. The lowest BCUT2D eigenvalue weighted by molar-refractivity contribution is -0.118. The predicted molar refractivity (Wildman–Crippen MR) is 106 cm³/mol. The van der Waals surface area contributed by atoms with Crippen LogP contribution in [0.1, 0.15) is 22.8 Å². The zero-order valence-electron chi connectivity index (χ0n) is 16.0. The second-order valence-electron chi connectivity index (χ2n) is 6.35. The summed E-state index contributed by atoms with van der Waals surface area (Å²) in [5, 5.41) is 13.8. The Kier molecular flexibility index (Phi) is 5.54. The zero-order chi connectivity index (χ0) is 20.3. The van der Waals surface area contributed by atoms with Gasteiger partial charge in [0, 0.05) is 30.1 Å². The Morgan fingerprint density at radius 1 is 1.14 bits per heavy atom. The number of esters is 1. The van der Waals surface area contributed by atoms with Crippen LogP contribution in [0.4, 0.5) is 0 Å². The molecule has 0 atom stereocenters. The number of ether oxygens (including phenoxy) is 2. The smallest absolute Gasteiger partial charge is 0.341 e. The number of amides is 1. The van der Waals surface area contributed by atoms with E-state index in [-0.39, 0.29) is 17.2 Å². The van der Waals surface area contributed by atoms with Crippen molar-refractivity contribution in [1.29, 1.82) is 0 Å². The van der Waals surface area contributed by atoms with Gasteiger partial charge in [-0.15, -0.1) is 0 Å². The number of aromatic nitrogens is 1. The normalized spacial score (nSPS) is 10.7. The third-order valence-electron chi connectivity index (χ3n) is 4.55. The number of nitrogens with one attached hydrogen (secondary N) is 2. The van der Waals surface area contributed by atoms with Gasteiger partial charge >= 0.3 is 5.97 Å². The molecule has 0 spiro atoms. The summed E-state index contributed by atoms with van der Waals surface area (Å²) in [7, 11) is 2.87. The summed E-state index contributed by atoms with van der Waals surface area (Å²) in [6.07, 6.45) is 0.580. The molecule has 7 nitrogen and oxygen atoms in total. The Labute approximate surface area is 162 Å². The Morgan fingerprint density at radius 3 is 2.61 bits per heavy atom. The molecular weight excluding hydrogens is 360 g/mol. The highest BCUT2D eigenvalue weighted by Crippen LogP contribution is 2.34. The highest BCUT2D eigenvalue weighted by atomic mass is 16.5. The molecule has 3 aromatic rings. The maximum absolute atomic E-state index is 11.9. The minimum atomic E-state index is -0.614. The monoisotopic (exact) mass is 382 g/mol. The van der Waals surface area contributed by atoms with Crippen LogP contribution in [0, 0.1) is 0 Å². The number of phenolic OH excluding ortho intramolecular Hbond substituents is 1. The minimum absolute atomic E-state index is 0.0871. The van der Waals surface area contributed by atoms with E-state index in [0.29, 0.717) is 13.0 Å². The number of hydrogen-bond acceptors (Lipinski definition) is 5. The van der Waals surface area contributed by atoms with E-state index in [4.69, 9.17) is 9.47 Å². The number of aromatic amines is 1. The number of fused-ring (bicyclic) bond motifs is 1. The van der Waals surface area contributed by atoms with Gasteiger partial charge in [0.25, 0.3) is 0 Å². The van der Waals surface area contributed by atoms with Gasteiger partial charge in [-0.25, -0.2) is 4.79 Å². The molecule has 28 heavy (non-hydrogen) atoms. The number of carbonyl (C=O) groups excluding carboxylic acids is 2. The van der Waals surface area contributed by atoms with Gasteiger partial charge in [0.05, 0.1) is 14.2 Å². The largest absolute Gasteiger partial charge is 0.507 e. The van der Waals surface area contributed by atoms with Gasteiger partial charge in [0.2, 0.25) is 5.91 Å². The first-order valence-corrected chi connectivity index (χ1v) is 8.79. The Balaban J connectivity index is 2.13. The van der Waals surface area contributed by atoms with Crippen molar-refractivity contribution in [2.45, 2.75) is 13.3 Å². The second kappa shape index (κ2) is 8.04. The lowest BCUT2D eigenvalue weighted by Gasteiger charge is -2.09. The second-order valence-corrected chi connectivity index (χ2v) is 6.35.